The number of hydrogen-bond donors (Lipinski definition) is 2. The van der Waals surface area contributed by atoms with Crippen LogP contribution in [0, 0.1) is 12.8 Å². The molecule has 6 nitrogen and oxygen atoms in total. The second kappa shape index (κ2) is 7.09. The normalized spacial score (nSPS) is 26.5. The number of fused-ring (bicyclic) bond motifs is 1. The number of carbonyl (C=O) groups is 2. The van der Waals surface area contributed by atoms with Gasteiger partial charge in [0, 0.05) is 13.1 Å². The summed E-state index contributed by atoms with van der Waals surface area (Å²) in [4.78, 5) is 31.3. The number of carbonyl (C=O) groups excluding carboxylic acids is 1. The highest BCUT2D eigenvalue weighted by atomic mass is 32.1. The first-order chi connectivity index (χ1) is 11.5. The Balaban J connectivity index is 1.59. The van der Waals surface area contributed by atoms with E-state index in [4.69, 9.17) is 5.11 Å². The minimum Gasteiger partial charge on any atom is -0.481 e. The molecule has 0 spiro atoms. The Morgan fingerprint density at radius 3 is 2.62 bits per heavy atom. The fourth-order valence-electron chi connectivity index (χ4n) is 3.79. The molecule has 1 aromatic heterocycles. The van der Waals surface area contributed by atoms with Crippen LogP contribution >= 0.6 is 11.3 Å². The third kappa shape index (κ3) is 3.55. The van der Waals surface area contributed by atoms with Crippen LogP contribution in [0.15, 0.2) is 0 Å². The SMILES string of the molecule is Cc1nc2c(s1)C(N(C)C(=O)NC1CCC(C(=O)O)CC1)CCC2. The summed E-state index contributed by atoms with van der Waals surface area (Å²) >= 11 is 1.70. The molecule has 1 heterocycles. The lowest BCUT2D eigenvalue weighted by molar-refractivity contribution is -0.142. The standard InChI is InChI=1S/C17H25N3O3S/c1-10-18-13-4-3-5-14(15(13)24-10)20(2)17(23)19-12-8-6-11(7-9-12)16(21)22/h11-12,14H,3-9H2,1-2H3,(H,19,23)(H,21,22). The number of aliphatic carboxylic acids is 1. The number of thiazole rings is 1. The summed E-state index contributed by atoms with van der Waals surface area (Å²) in [5, 5.41) is 13.2. The van der Waals surface area contributed by atoms with Crippen LogP contribution < -0.4 is 5.32 Å². The minimum atomic E-state index is -0.716. The molecule has 2 amide bonds. The molecule has 24 heavy (non-hydrogen) atoms. The van der Waals surface area contributed by atoms with E-state index in [1.54, 1.807) is 16.2 Å². The Bertz CT molecular complexity index is 623. The van der Waals surface area contributed by atoms with Crippen molar-refractivity contribution in [3.63, 3.8) is 0 Å². The molecule has 2 N–H and O–H groups in total. The molecule has 0 aliphatic heterocycles. The highest BCUT2D eigenvalue weighted by Crippen LogP contribution is 2.37. The molecular formula is C17H25N3O3S. The maximum absolute atomic E-state index is 12.6. The average Bonchev–Trinajstić information content (AvgIpc) is 2.94. The van der Waals surface area contributed by atoms with Gasteiger partial charge in [0.25, 0.3) is 0 Å². The lowest BCUT2D eigenvalue weighted by Gasteiger charge is -2.33. The lowest BCUT2D eigenvalue weighted by atomic mass is 9.86. The van der Waals surface area contributed by atoms with Crippen molar-refractivity contribution >= 4 is 23.3 Å². The summed E-state index contributed by atoms with van der Waals surface area (Å²) in [6, 6.07) is 0.134. The first-order valence-electron chi connectivity index (χ1n) is 8.68. The van der Waals surface area contributed by atoms with Crippen molar-refractivity contribution in [3.8, 4) is 0 Å². The molecule has 1 fully saturated rings. The van der Waals surface area contributed by atoms with Crippen LogP contribution in [0.5, 0.6) is 0 Å². The fourth-order valence-corrected chi connectivity index (χ4v) is 4.94. The molecule has 132 valence electrons. The maximum atomic E-state index is 12.6. The van der Waals surface area contributed by atoms with E-state index >= 15 is 0 Å². The van der Waals surface area contributed by atoms with Crippen LogP contribution in [0.25, 0.3) is 0 Å². The summed E-state index contributed by atoms with van der Waals surface area (Å²) in [5.41, 5.74) is 1.15. The van der Waals surface area contributed by atoms with Crippen molar-refractivity contribution < 1.29 is 14.7 Å². The largest absolute Gasteiger partial charge is 0.481 e. The van der Waals surface area contributed by atoms with Gasteiger partial charge in [-0.1, -0.05) is 0 Å². The molecule has 1 aromatic rings. The van der Waals surface area contributed by atoms with Crippen molar-refractivity contribution in [2.75, 3.05) is 7.05 Å². The van der Waals surface area contributed by atoms with Crippen molar-refractivity contribution in [2.45, 2.75) is 64.0 Å². The number of aryl methyl sites for hydroxylation is 2. The number of rotatable bonds is 3. The monoisotopic (exact) mass is 351 g/mol. The summed E-state index contributed by atoms with van der Waals surface area (Å²) in [7, 11) is 1.85. The fraction of sp³-hybridized carbons (Fsp3) is 0.706. The zero-order chi connectivity index (χ0) is 17.3. The Morgan fingerprint density at radius 1 is 1.25 bits per heavy atom. The molecule has 0 bridgehead atoms. The van der Waals surface area contributed by atoms with E-state index < -0.39 is 5.97 Å². The number of nitrogens with one attached hydrogen (secondary N) is 1. The van der Waals surface area contributed by atoms with E-state index in [1.807, 2.05) is 14.0 Å². The van der Waals surface area contributed by atoms with Gasteiger partial charge in [-0.25, -0.2) is 9.78 Å². The highest BCUT2D eigenvalue weighted by Gasteiger charge is 2.32. The van der Waals surface area contributed by atoms with E-state index in [1.165, 1.54) is 4.88 Å². The van der Waals surface area contributed by atoms with Crippen LogP contribution in [-0.4, -0.2) is 40.1 Å². The number of urea groups is 1. The van der Waals surface area contributed by atoms with Gasteiger partial charge in [0.15, 0.2) is 0 Å². The quantitative estimate of drug-likeness (QED) is 0.876. The maximum Gasteiger partial charge on any atom is 0.317 e. The van der Waals surface area contributed by atoms with Crippen LogP contribution in [0.1, 0.15) is 60.1 Å². The van der Waals surface area contributed by atoms with Gasteiger partial charge >= 0.3 is 12.0 Å². The van der Waals surface area contributed by atoms with Gasteiger partial charge in [-0.15, -0.1) is 11.3 Å². The Labute approximate surface area is 146 Å². The van der Waals surface area contributed by atoms with Gasteiger partial charge in [-0.3, -0.25) is 4.79 Å². The number of hydrogen-bond acceptors (Lipinski definition) is 4. The molecule has 0 aromatic carbocycles. The smallest absolute Gasteiger partial charge is 0.317 e. The van der Waals surface area contributed by atoms with E-state index in [2.05, 4.69) is 10.3 Å². The number of amides is 2. The lowest BCUT2D eigenvalue weighted by Crippen LogP contribution is -2.46. The molecule has 7 heteroatoms. The molecule has 1 atom stereocenters. The topological polar surface area (TPSA) is 82.5 Å². The van der Waals surface area contributed by atoms with Crippen LogP contribution in [0.4, 0.5) is 4.79 Å². The first kappa shape index (κ1) is 17.2. The average molecular weight is 351 g/mol. The van der Waals surface area contributed by atoms with E-state index in [0.717, 1.165) is 42.8 Å². The Hall–Kier alpha value is -1.63. The molecule has 1 unspecified atom stereocenters. The predicted molar refractivity (Wildman–Crippen MR) is 92.2 cm³/mol. The Morgan fingerprint density at radius 2 is 1.96 bits per heavy atom. The van der Waals surface area contributed by atoms with Gasteiger partial charge in [0.2, 0.25) is 0 Å². The van der Waals surface area contributed by atoms with Crippen molar-refractivity contribution in [3.05, 3.63) is 15.6 Å². The van der Waals surface area contributed by atoms with E-state index in [-0.39, 0.29) is 24.0 Å². The molecule has 2 aliphatic carbocycles. The zero-order valence-corrected chi connectivity index (χ0v) is 15.1. The van der Waals surface area contributed by atoms with Gasteiger partial charge in [-0.2, -0.15) is 0 Å². The molecule has 3 rings (SSSR count). The molecule has 2 aliphatic rings. The van der Waals surface area contributed by atoms with Crippen molar-refractivity contribution in [1.82, 2.24) is 15.2 Å². The van der Waals surface area contributed by atoms with Gasteiger partial charge in [-0.05, 0) is 51.9 Å². The highest BCUT2D eigenvalue weighted by molar-refractivity contribution is 7.11. The van der Waals surface area contributed by atoms with E-state index in [0.29, 0.717) is 12.8 Å². The van der Waals surface area contributed by atoms with Gasteiger partial charge in [0.05, 0.1) is 27.5 Å². The first-order valence-corrected chi connectivity index (χ1v) is 9.49. The van der Waals surface area contributed by atoms with Crippen LogP contribution in [0.3, 0.4) is 0 Å². The van der Waals surface area contributed by atoms with E-state index in [9.17, 15) is 9.59 Å². The van der Waals surface area contributed by atoms with Gasteiger partial charge < -0.3 is 15.3 Å². The zero-order valence-electron chi connectivity index (χ0n) is 14.2. The number of nitrogens with zero attached hydrogens (tertiary/aromatic N) is 2. The third-order valence-electron chi connectivity index (χ3n) is 5.22. The summed E-state index contributed by atoms with van der Waals surface area (Å²) < 4.78 is 0. The van der Waals surface area contributed by atoms with Crippen molar-refractivity contribution in [2.24, 2.45) is 5.92 Å². The second-order valence-corrected chi connectivity index (χ2v) is 8.13. The van der Waals surface area contributed by atoms with Crippen LogP contribution in [0.2, 0.25) is 0 Å². The third-order valence-corrected chi connectivity index (χ3v) is 6.33. The second-order valence-electron chi connectivity index (χ2n) is 6.90. The Kier molecular flexibility index (Phi) is 5.08. The summed E-state index contributed by atoms with van der Waals surface area (Å²) in [6.07, 6.45) is 5.81. The van der Waals surface area contributed by atoms with Crippen molar-refractivity contribution in [1.29, 1.82) is 0 Å². The molecule has 1 saturated carbocycles. The predicted octanol–water partition coefficient (Wildman–Crippen LogP) is 3.11. The summed E-state index contributed by atoms with van der Waals surface area (Å²) in [6.45, 7) is 2.01. The molecule has 0 saturated heterocycles. The van der Waals surface area contributed by atoms with Crippen LogP contribution in [-0.2, 0) is 11.2 Å². The number of carboxylic acids is 1. The molecule has 0 radical (unpaired) electrons. The van der Waals surface area contributed by atoms with Gasteiger partial charge in [0.1, 0.15) is 0 Å². The minimum absolute atomic E-state index is 0.0577. The number of aromatic nitrogens is 1. The summed E-state index contributed by atoms with van der Waals surface area (Å²) in [5.74, 6) is -0.968. The molecular weight excluding hydrogens is 326 g/mol. The number of carboxylic acid groups (broad SMARTS) is 1.